The molecule has 1 N–H and O–H groups in total. The van der Waals surface area contributed by atoms with Crippen LogP contribution in [-0.4, -0.2) is 24.3 Å². The molecule has 0 aromatic heterocycles. The van der Waals surface area contributed by atoms with Crippen molar-refractivity contribution in [2.75, 3.05) is 7.11 Å². The lowest BCUT2D eigenvalue weighted by Crippen LogP contribution is -2.14. The topological polar surface area (TPSA) is 46.5 Å². The third-order valence-electron chi connectivity index (χ3n) is 2.96. The fourth-order valence-corrected chi connectivity index (χ4v) is 2.10. The molecule has 0 heterocycles. The van der Waals surface area contributed by atoms with Crippen LogP contribution in [0.5, 0.6) is 0 Å². The highest BCUT2D eigenvalue weighted by molar-refractivity contribution is 5.81. The zero-order valence-corrected chi connectivity index (χ0v) is 9.32. The van der Waals surface area contributed by atoms with Gasteiger partial charge in [-0.25, -0.2) is 4.79 Å². The largest absolute Gasteiger partial charge is 0.466 e. The molecule has 1 fully saturated rings. The molecule has 1 atom stereocenters. The summed E-state index contributed by atoms with van der Waals surface area (Å²) in [6.07, 6.45) is 9.39. The summed E-state index contributed by atoms with van der Waals surface area (Å²) >= 11 is 0. The Morgan fingerprint density at radius 2 is 2.13 bits per heavy atom. The Morgan fingerprint density at radius 3 is 2.73 bits per heavy atom. The maximum atomic E-state index is 10.8. The molecule has 0 saturated heterocycles. The van der Waals surface area contributed by atoms with E-state index in [1.54, 1.807) is 0 Å². The molecular formula is C12H20O3. The molecule has 86 valence electrons. The summed E-state index contributed by atoms with van der Waals surface area (Å²) in [6.45, 7) is 0. The Kier molecular flexibility index (Phi) is 5.40. The molecule has 0 aromatic carbocycles. The fraction of sp³-hybridized carbons (Fsp3) is 0.750. The van der Waals surface area contributed by atoms with Gasteiger partial charge in [-0.3, -0.25) is 0 Å². The number of aliphatic hydroxyl groups is 1. The molecule has 1 aliphatic rings. The van der Waals surface area contributed by atoms with Crippen LogP contribution in [0.4, 0.5) is 0 Å². The van der Waals surface area contributed by atoms with Gasteiger partial charge < -0.3 is 9.84 Å². The molecule has 1 rings (SSSR count). The van der Waals surface area contributed by atoms with Crippen LogP contribution < -0.4 is 0 Å². The Labute approximate surface area is 91.1 Å². The van der Waals surface area contributed by atoms with Crippen LogP contribution >= 0.6 is 0 Å². The molecule has 3 nitrogen and oxygen atoms in total. The van der Waals surface area contributed by atoms with Gasteiger partial charge >= 0.3 is 5.97 Å². The van der Waals surface area contributed by atoms with Gasteiger partial charge in [0.15, 0.2) is 0 Å². The second kappa shape index (κ2) is 6.62. The minimum atomic E-state index is -0.507. The van der Waals surface area contributed by atoms with E-state index in [-0.39, 0.29) is 0 Å². The van der Waals surface area contributed by atoms with Crippen LogP contribution in [0, 0.1) is 5.92 Å². The van der Waals surface area contributed by atoms with Gasteiger partial charge in [-0.1, -0.05) is 32.1 Å². The van der Waals surface area contributed by atoms with Gasteiger partial charge in [0, 0.05) is 6.08 Å². The summed E-state index contributed by atoms with van der Waals surface area (Å²) in [5.74, 6) is 0.216. The summed E-state index contributed by atoms with van der Waals surface area (Å²) in [5, 5.41) is 9.65. The minimum absolute atomic E-state index is 0.405. The predicted octanol–water partition coefficient (Wildman–Crippen LogP) is 2.05. The van der Waals surface area contributed by atoms with Gasteiger partial charge in [-0.2, -0.15) is 0 Å². The van der Waals surface area contributed by atoms with E-state index in [9.17, 15) is 9.90 Å². The molecule has 0 aliphatic heterocycles. The number of methoxy groups -OCH3 is 1. The van der Waals surface area contributed by atoms with Crippen molar-refractivity contribution in [1.82, 2.24) is 0 Å². The summed E-state index contributed by atoms with van der Waals surface area (Å²) in [5.41, 5.74) is 0. The van der Waals surface area contributed by atoms with E-state index >= 15 is 0 Å². The van der Waals surface area contributed by atoms with Crippen molar-refractivity contribution in [3.8, 4) is 0 Å². The van der Waals surface area contributed by atoms with Crippen molar-refractivity contribution in [2.24, 2.45) is 5.92 Å². The Morgan fingerprint density at radius 1 is 1.47 bits per heavy atom. The number of hydrogen-bond acceptors (Lipinski definition) is 3. The van der Waals surface area contributed by atoms with Gasteiger partial charge in [0.1, 0.15) is 0 Å². The number of esters is 1. The lowest BCUT2D eigenvalue weighted by Gasteiger charge is -2.22. The van der Waals surface area contributed by atoms with Crippen molar-refractivity contribution < 1.29 is 14.6 Å². The predicted molar refractivity (Wildman–Crippen MR) is 58.4 cm³/mol. The van der Waals surface area contributed by atoms with Crippen LogP contribution in [-0.2, 0) is 9.53 Å². The van der Waals surface area contributed by atoms with Gasteiger partial charge in [0.2, 0.25) is 0 Å². The SMILES string of the molecule is COC(=O)/C=C/[C@H](O)CC1CCCCC1. The minimum Gasteiger partial charge on any atom is -0.466 e. The smallest absolute Gasteiger partial charge is 0.330 e. The summed E-state index contributed by atoms with van der Waals surface area (Å²) in [7, 11) is 1.33. The fourth-order valence-electron chi connectivity index (χ4n) is 2.10. The van der Waals surface area contributed by atoms with Gasteiger partial charge in [-0.05, 0) is 18.4 Å². The monoisotopic (exact) mass is 212 g/mol. The lowest BCUT2D eigenvalue weighted by molar-refractivity contribution is -0.134. The lowest BCUT2D eigenvalue weighted by atomic mass is 9.85. The highest BCUT2D eigenvalue weighted by Gasteiger charge is 2.16. The molecule has 0 aromatic rings. The Hall–Kier alpha value is -0.830. The van der Waals surface area contributed by atoms with Crippen LogP contribution in [0.25, 0.3) is 0 Å². The summed E-state index contributed by atoms with van der Waals surface area (Å²) in [4.78, 5) is 10.8. The zero-order chi connectivity index (χ0) is 11.1. The molecular weight excluding hydrogens is 192 g/mol. The van der Waals surface area contributed by atoms with Gasteiger partial charge in [0.25, 0.3) is 0 Å². The zero-order valence-electron chi connectivity index (χ0n) is 9.32. The summed E-state index contributed by atoms with van der Waals surface area (Å²) < 4.78 is 4.45. The normalized spacial score (nSPS) is 20.4. The molecule has 0 spiro atoms. The number of carbonyl (C=O) groups excluding carboxylic acids is 1. The molecule has 0 amide bonds. The van der Waals surface area contributed by atoms with Crippen molar-refractivity contribution in [2.45, 2.75) is 44.6 Å². The van der Waals surface area contributed by atoms with E-state index in [2.05, 4.69) is 4.74 Å². The quantitative estimate of drug-likeness (QED) is 0.573. The number of aliphatic hydroxyl groups excluding tert-OH is 1. The van der Waals surface area contributed by atoms with Crippen molar-refractivity contribution in [1.29, 1.82) is 0 Å². The third kappa shape index (κ3) is 4.98. The average Bonchev–Trinajstić information content (AvgIpc) is 2.27. The van der Waals surface area contributed by atoms with E-state index in [0.29, 0.717) is 5.92 Å². The van der Waals surface area contributed by atoms with Crippen LogP contribution in [0.1, 0.15) is 38.5 Å². The Balaban J connectivity index is 2.24. The number of rotatable bonds is 4. The first-order valence-electron chi connectivity index (χ1n) is 5.66. The van der Waals surface area contributed by atoms with Crippen LogP contribution in [0.3, 0.4) is 0 Å². The number of carbonyl (C=O) groups is 1. The maximum absolute atomic E-state index is 10.8. The standard InChI is InChI=1S/C12H20O3/c1-15-12(14)8-7-11(13)9-10-5-3-2-4-6-10/h7-8,10-11,13H,2-6,9H2,1H3/b8-7+/t11-/m0/s1. The van der Waals surface area contributed by atoms with Crippen LogP contribution in [0.2, 0.25) is 0 Å². The Bertz CT molecular complexity index is 217. The molecule has 3 heteroatoms. The molecule has 0 radical (unpaired) electrons. The highest BCUT2D eigenvalue weighted by Crippen LogP contribution is 2.27. The maximum Gasteiger partial charge on any atom is 0.330 e. The van der Waals surface area contributed by atoms with Crippen molar-refractivity contribution >= 4 is 5.97 Å². The summed E-state index contributed by atoms with van der Waals surface area (Å²) in [6, 6.07) is 0. The molecule has 0 bridgehead atoms. The molecule has 15 heavy (non-hydrogen) atoms. The highest BCUT2D eigenvalue weighted by atomic mass is 16.5. The van der Waals surface area contributed by atoms with E-state index in [0.717, 1.165) is 6.42 Å². The first-order valence-corrected chi connectivity index (χ1v) is 5.66. The van der Waals surface area contributed by atoms with Crippen molar-refractivity contribution in [3.63, 3.8) is 0 Å². The van der Waals surface area contributed by atoms with E-state index in [1.807, 2.05) is 0 Å². The third-order valence-corrected chi connectivity index (χ3v) is 2.96. The van der Waals surface area contributed by atoms with E-state index in [1.165, 1.54) is 51.4 Å². The van der Waals surface area contributed by atoms with Crippen LogP contribution in [0.15, 0.2) is 12.2 Å². The number of ether oxygens (including phenoxy) is 1. The first kappa shape index (κ1) is 12.2. The molecule has 1 aliphatic carbocycles. The first-order chi connectivity index (χ1) is 7.22. The van der Waals surface area contributed by atoms with Gasteiger partial charge in [0.05, 0.1) is 13.2 Å². The number of hydrogen-bond donors (Lipinski definition) is 1. The van der Waals surface area contributed by atoms with Gasteiger partial charge in [-0.15, -0.1) is 0 Å². The van der Waals surface area contributed by atoms with E-state index < -0.39 is 12.1 Å². The molecule has 0 unspecified atom stereocenters. The van der Waals surface area contributed by atoms with Crippen molar-refractivity contribution in [3.05, 3.63) is 12.2 Å². The second-order valence-corrected chi connectivity index (χ2v) is 4.19. The van der Waals surface area contributed by atoms with E-state index in [4.69, 9.17) is 0 Å². The average molecular weight is 212 g/mol. The molecule has 1 saturated carbocycles. The second-order valence-electron chi connectivity index (χ2n) is 4.19.